The molecule has 1 fully saturated rings. The number of benzene rings is 2. The minimum Gasteiger partial charge on any atom is -0.481 e. The molecule has 4 rings (SSSR count). The smallest absolute Gasteiger partial charge is 0.416 e. The minimum absolute atomic E-state index is 0.197. The summed E-state index contributed by atoms with van der Waals surface area (Å²) in [4.78, 5) is 23.9. The number of hydrogen-bond donors (Lipinski definition) is 2. The molecule has 2 N–H and O–H groups in total. The SMILES string of the molecule is Cc1ccc(C(=O)NCC2CCC(CC(=O)O)CC2)c2cnn(Cc3ccc(C(F)(F)F)cc3)c12. The highest BCUT2D eigenvalue weighted by molar-refractivity contribution is 6.06. The van der Waals surface area contributed by atoms with Crippen molar-refractivity contribution in [2.24, 2.45) is 11.8 Å². The van der Waals surface area contributed by atoms with Crippen molar-refractivity contribution in [2.45, 2.75) is 51.7 Å². The first kappa shape index (κ1) is 24.8. The Labute approximate surface area is 201 Å². The van der Waals surface area contributed by atoms with Gasteiger partial charge in [0, 0.05) is 18.4 Å². The second-order valence-electron chi connectivity index (χ2n) is 9.38. The molecule has 6 nitrogen and oxygen atoms in total. The molecule has 0 saturated heterocycles. The molecule has 0 aliphatic heterocycles. The van der Waals surface area contributed by atoms with E-state index in [1.807, 2.05) is 13.0 Å². The fraction of sp³-hybridized carbons (Fsp3) is 0.423. The molecular weight excluding hydrogens is 459 g/mol. The summed E-state index contributed by atoms with van der Waals surface area (Å²) in [7, 11) is 0. The Morgan fingerprint density at radius 3 is 2.34 bits per heavy atom. The molecule has 3 aromatic rings. The number of hydrogen-bond acceptors (Lipinski definition) is 3. The van der Waals surface area contributed by atoms with Gasteiger partial charge in [0.25, 0.3) is 5.91 Å². The fourth-order valence-corrected chi connectivity index (χ4v) is 4.88. The Hall–Kier alpha value is -3.36. The van der Waals surface area contributed by atoms with Gasteiger partial charge in [-0.3, -0.25) is 14.3 Å². The van der Waals surface area contributed by atoms with Crippen molar-refractivity contribution in [3.8, 4) is 0 Å². The third kappa shape index (κ3) is 5.83. The zero-order valence-electron chi connectivity index (χ0n) is 19.4. The van der Waals surface area contributed by atoms with Gasteiger partial charge in [-0.2, -0.15) is 18.3 Å². The van der Waals surface area contributed by atoms with Crippen molar-refractivity contribution >= 4 is 22.8 Å². The molecule has 1 heterocycles. The number of aromatic nitrogens is 2. The Kier molecular flexibility index (Phi) is 7.14. The number of halogens is 3. The van der Waals surface area contributed by atoms with Crippen molar-refractivity contribution < 1.29 is 27.9 Å². The summed E-state index contributed by atoms with van der Waals surface area (Å²) < 4.78 is 40.2. The maximum Gasteiger partial charge on any atom is 0.416 e. The van der Waals surface area contributed by atoms with Crippen LogP contribution < -0.4 is 5.32 Å². The summed E-state index contributed by atoms with van der Waals surface area (Å²) in [5.41, 5.74) is 2.17. The number of alkyl halides is 3. The molecule has 35 heavy (non-hydrogen) atoms. The van der Waals surface area contributed by atoms with E-state index in [2.05, 4.69) is 10.4 Å². The highest BCUT2D eigenvalue weighted by Gasteiger charge is 2.30. The quantitative estimate of drug-likeness (QED) is 0.466. The van der Waals surface area contributed by atoms with Gasteiger partial charge >= 0.3 is 12.1 Å². The van der Waals surface area contributed by atoms with E-state index < -0.39 is 17.7 Å². The van der Waals surface area contributed by atoms with Crippen molar-refractivity contribution in [1.82, 2.24) is 15.1 Å². The normalized spacial score (nSPS) is 18.5. The number of nitrogens with one attached hydrogen (secondary N) is 1. The van der Waals surface area contributed by atoms with Crippen molar-refractivity contribution in [2.75, 3.05) is 6.54 Å². The molecule has 0 unspecified atom stereocenters. The highest BCUT2D eigenvalue weighted by Crippen LogP contribution is 2.31. The third-order valence-corrected chi connectivity index (χ3v) is 6.84. The van der Waals surface area contributed by atoms with Crippen LogP contribution in [-0.4, -0.2) is 33.3 Å². The average molecular weight is 488 g/mol. The number of amides is 1. The van der Waals surface area contributed by atoms with Crippen LogP contribution in [0, 0.1) is 18.8 Å². The minimum atomic E-state index is -4.38. The lowest BCUT2D eigenvalue weighted by atomic mass is 9.80. The lowest BCUT2D eigenvalue weighted by Crippen LogP contribution is -2.31. The van der Waals surface area contributed by atoms with Gasteiger partial charge < -0.3 is 10.4 Å². The zero-order chi connectivity index (χ0) is 25.2. The van der Waals surface area contributed by atoms with Crippen LogP contribution in [0.15, 0.2) is 42.6 Å². The number of carboxylic acids is 1. The lowest BCUT2D eigenvalue weighted by Gasteiger charge is -2.27. The Balaban J connectivity index is 1.44. The molecule has 0 radical (unpaired) electrons. The lowest BCUT2D eigenvalue weighted by molar-refractivity contribution is -0.139. The molecule has 1 aliphatic rings. The molecule has 2 aromatic carbocycles. The van der Waals surface area contributed by atoms with E-state index in [4.69, 9.17) is 5.11 Å². The molecule has 0 atom stereocenters. The van der Waals surface area contributed by atoms with Crippen LogP contribution in [-0.2, 0) is 17.5 Å². The first-order valence-corrected chi connectivity index (χ1v) is 11.7. The van der Waals surface area contributed by atoms with Gasteiger partial charge in [0.15, 0.2) is 0 Å². The number of aliphatic carboxylic acids is 1. The molecule has 9 heteroatoms. The molecule has 186 valence electrons. The molecule has 0 bridgehead atoms. The molecule has 0 spiro atoms. The van der Waals surface area contributed by atoms with Crippen molar-refractivity contribution in [1.29, 1.82) is 0 Å². The van der Waals surface area contributed by atoms with Crippen LogP contribution in [0.25, 0.3) is 10.9 Å². The predicted molar refractivity (Wildman–Crippen MR) is 125 cm³/mol. The number of rotatable bonds is 7. The van der Waals surface area contributed by atoms with Crippen LogP contribution in [0.5, 0.6) is 0 Å². The van der Waals surface area contributed by atoms with E-state index in [9.17, 15) is 22.8 Å². The molecule has 1 aliphatic carbocycles. The Morgan fingerprint density at radius 1 is 1.06 bits per heavy atom. The van der Waals surface area contributed by atoms with E-state index in [0.29, 0.717) is 29.0 Å². The largest absolute Gasteiger partial charge is 0.481 e. The molecule has 1 amide bonds. The topological polar surface area (TPSA) is 84.2 Å². The number of carboxylic acid groups (broad SMARTS) is 1. The maximum absolute atomic E-state index is 13.0. The van der Waals surface area contributed by atoms with Gasteiger partial charge in [-0.25, -0.2) is 0 Å². The van der Waals surface area contributed by atoms with Gasteiger partial charge in [0.05, 0.1) is 29.4 Å². The van der Waals surface area contributed by atoms with E-state index in [1.165, 1.54) is 12.1 Å². The Morgan fingerprint density at radius 2 is 1.71 bits per heavy atom. The van der Waals surface area contributed by atoms with E-state index in [0.717, 1.165) is 48.9 Å². The van der Waals surface area contributed by atoms with Crippen LogP contribution in [0.2, 0.25) is 0 Å². The van der Waals surface area contributed by atoms with Gasteiger partial charge in [0.2, 0.25) is 0 Å². The first-order valence-electron chi connectivity index (χ1n) is 11.7. The van der Waals surface area contributed by atoms with Gasteiger partial charge in [-0.15, -0.1) is 0 Å². The van der Waals surface area contributed by atoms with E-state index >= 15 is 0 Å². The van der Waals surface area contributed by atoms with Crippen LogP contribution >= 0.6 is 0 Å². The molecule has 1 aromatic heterocycles. The second kappa shape index (κ2) is 10.1. The predicted octanol–water partition coefficient (Wildman–Crippen LogP) is 5.42. The zero-order valence-corrected chi connectivity index (χ0v) is 19.4. The summed E-state index contributed by atoms with van der Waals surface area (Å²) in [6.07, 6.45) is 0.957. The third-order valence-electron chi connectivity index (χ3n) is 6.84. The van der Waals surface area contributed by atoms with E-state index in [-0.39, 0.29) is 24.8 Å². The molecule has 1 saturated carbocycles. The van der Waals surface area contributed by atoms with Crippen molar-refractivity contribution in [3.63, 3.8) is 0 Å². The number of carbonyl (C=O) groups is 2. The first-order chi connectivity index (χ1) is 16.6. The number of fused-ring (bicyclic) bond motifs is 1. The van der Waals surface area contributed by atoms with Crippen molar-refractivity contribution in [3.05, 3.63) is 64.8 Å². The highest BCUT2D eigenvalue weighted by atomic mass is 19.4. The number of nitrogens with zero attached hydrogens (tertiary/aromatic N) is 2. The summed E-state index contributed by atoms with van der Waals surface area (Å²) in [5.74, 6) is -0.417. The summed E-state index contributed by atoms with van der Waals surface area (Å²) in [5, 5.41) is 17.1. The van der Waals surface area contributed by atoms with Crippen LogP contribution in [0.4, 0.5) is 13.2 Å². The van der Waals surface area contributed by atoms with Gasteiger partial charge in [-0.1, -0.05) is 18.2 Å². The van der Waals surface area contributed by atoms with Gasteiger partial charge in [-0.05, 0) is 73.8 Å². The summed E-state index contributed by atoms with van der Waals surface area (Å²) in [6.45, 7) is 2.73. The standard InChI is InChI=1S/C26H28F3N3O3/c1-16-2-11-21(25(35)30-13-18-5-3-17(4-6-18)12-23(33)34)22-14-31-32(24(16)22)15-19-7-9-20(10-8-19)26(27,28)29/h2,7-11,14,17-18H,3-6,12-13,15H2,1H3,(H,30,35)(H,33,34). The van der Waals surface area contributed by atoms with E-state index in [1.54, 1.807) is 16.9 Å². The molecular formula is C26H28F3N3O3. The number of aryl methyl sites for hydroxylation is 1. The second-order valence-corrected chi connectivity index (χ2v) is 9.38. The number of carbonyl (C=O) groups excluding carboxylic acids is 1. The maximum atomic E-state index is 13.0. The summed E-state index contributed by atoms with van der Waals surface area (Å²) in [6, 6.07) is 8.60. The average Bonchev–Trinajstić information content (AvgIpc) is 3.22. The van der Waals surface area contributed by atoms with Gasteiger partial charge in [0.1, 0.15) is 0 Å². The Bertz CT molecular complexity index is 1210. The fourth-order valence-electron chi connectivity index (χ4n) is 4.88. The summed E-state index contributed by atoms with van der Waals surface area (Å²) >= 11 is 0. The monoisotopic (exact) mass is 487 g/mol. The van der Waals surface area contributed by atoms with Crippen LogP contribution in [0.3, 0.4) is 0 Å². The van der Waals surface area contributed by atoms with Crippen LogP contribution in [0.1, 0.15) is 59.2 Å².